The van der Waals surface area contributed by atoms with Gasteiger partial charge in [-0.05, 0) is 30.3 Å². The van der Waals surface area contributed by atoms with Gasteiger partial charge in [0, 0.05) is 17.2 Å². The topological polar surface area (TPSA) is 85.2 Å². The van der Waals surface area contributed by atoms with E-state index in [1.54, 1.807) is 0 Å². The van der Waals surface area contributed by atoms with E-state index < -0.39 is 11.6 Å². The molecule has 3 N–H and O–H groups in total. The van der Waals surface area contributed by atoms with Crippen molar-refractivity contribution in [1.82, 2.24) is 10.1 Å². The molecule has 106 valence electrons. The second kappa shape index (κ2) is 4.86. The van der Waals surface area contributed by atoms with E-state index in [0.29, 0.717) is 5.56 Å². The number of phenols is 1. The number of nitrogen functional groups attached to an aromatic ring is 1. The quantitative estimate of drug-likeness (QED) is 0.559. The van der Waals surface area contributed by atoms with Crippen LogP contribution in [-0.4, -0.2) is 15.2 Å². The van der Waals surface area contributed by atoms with E-state index in [-0.39, 0.29) is 28.7 Å². The molecule has 0 aliphatic heterocycles. The van der Waals surface area contributed by atoms with Crippen LogP contribution in [0.5, 0.6) is 5.75 Å². The average Bonchev–Trinajstić information content (AvgIpc) is 2.90. The van der Waals surface area contributed by atoms with E-state index in [4.69, 9.17) is 10.3 Å². The van der Waals surface area contributed by atoms with Crippen molar-refractivity contribution in [1.29, 1.82) is 0 Å². The van der Waals surface area contributed by atoms with Crippen molar-refractivity contribution in [3.8, 4) is 28.6 Å². The van der Waals surface area contributed by atoms with Gasteiger partial charge in [-0.1, -0.05) is 5.16 Å². The van der Waals surface area contributed by atoms with Crippen LogP contribution in [0.1, 0.15) is 0 Å². The number of hydrogen-bond donors (Lipinski definition) is 2. The van der Waals surface area contributed by atoms with Crippen LogP contribution in [0.25, 0.3) is 22.8 Å². The molecule has 0 bridgehead atoms. The molecule has 0 aliphatic rings. The molecular weight excluding hydrogens is 280 g/mol. The molecular formula is C14H9F2N3O2. The monoisotopic (exact) mass is 289 g/mol. The largest absolute Gasteiger partial charge is 0.506 e. The predicted octanol–water partition coefficient (Wildman–Crippen LogP) is 2.97. The maximum atomic E-state index is 13.2. The van der Waals surface area contributed by atoms with E-state index in [2.05, 4.69) is 10.1 Å². The van der Waals surface area contributed by atoms with Gasteiger partial charge in [-0.2, -0.15) is 4.98 Å². The number of nitrogens with zero attached hydrogens (tertiary/aromatic N) is 2. The van der Waals surface area contributed by atoms with E-state index in [9.17, 15) is 13.9 Å². The Balaban J connectivity index is 2.01. The molecule has 1 aromatic heterocycles. The molecule has 0 atom stereocenters. The van der Waals surface area contributed by atoms with Gasteiger partial charge in [0.2, 0.25) is 5.82 Å². The summed E-state index contributed by atoms with van der Waals surface area (Å²) < 4.78 is 31.4. The van der Waals surface area contributed by atoms with Crippen molar-refractivity contribution in [2.45, 2.75) is 0 Å². The summed E-state index contributed by atoms with van der Waals surface area (Å²) in [5, 5.41) is 13.0. The minimum Gasteiger partial charge on any atom is -0.506 e. The molecule has 0 unspecified atom stereocenters. The van der Waals surface area contributed by atoms with Crippen LogP contribution in [-0.2, 0) is 0 Å². The fourth-order valence-electron chi connectivity index (χ4n) is 1.83. The number of nitrogens with two attached hydrogens (primary N) is 1. The van der Waals surface area contributed by atoms with Crippen LogP contribution in [0.15, 0.2) is 40.9 Å². The molecule has 0 radical (unpaired) electrons. The van der Waals surface area contributed by atoms with Gasteiger partial charge in [0.15, 0.2) is 0 Å². The van der Waals surface area contributed by atoms with Crippen molar-refractivity contribution in [2.24, 2.45) is 0 Å². The number of benzene rings is 2. The van der Waals surface area contributed by atoms with Crippen molar-refractivity contribution in [2.75, 3.05) is 5.73 Å². The number of aromatic hydroxyl groups is 1. The highest BCUT2D eigenvalue weighted by Crippen LogP contribution is 2.28. The lowest BCUT2D eigenvalue weighted by Crippen LogP contribution is -1.88. The van der Waals surface area contributed by atoms with Gasteiger partial charge in [-0.15, -0.1) is 0 Å². The summed E-state index contributed by atoms with van der Waals surface area (Å²) in [6.45, 7) is 0. The molecule has 0 saturated carbocycles. The average molecular weight is 289 g/mol. The normalized spacial score (nSPS) is 10.8. The fraction of sp³-hybridized carbons (Fsp3) is 0. The van der Waals surface area contributed by atoms with Gasteiger partial charge < -0.3 is 15.4 Å². The van der Waals surface area contributed by atoms with Crippen LogP contribution in [0.2, 0.25) is 0 Å². The number of halogens is 2. The van der Waals surface area contributed by atoms with Crippen molar-refractivity contribution in [3.63, 3.8) is 0 Å². The number of phenolic OH excluding ortho intramolecular Hbond substituents is 1. The summed E-state index contributed by atoms with van der Waals surface area (Å²) in [5.74, 6) is -1.35. The van der Waals surface area contributed by atoms with E-state index in [1.807, 2.05) is 0 Å². The van der Waals surface area contributed by atoms with Gasteiger partial charge in [0.05, 0.1) is 5.69 Å². The lowest BCUT2D eigenvalue weighted by molar-refractivity contribution is 0.432. The minimum atomic E-state index is -0.731. The van der Waals surface area contributed by atoms with Crippen molar-refractivity contribution >= 4 is 5.69 Å². The smallest absolute Gasteiger partial charge is 0.258 e. The summed E-state index contributed by atoms with van der Waals surface area (Å²) in [6.07, 6.45) is 0. The predicted molar refractivity (Wildman–Crippen MR) is 71.2 cm³/mol. The summed E-state index contributed by atoms with van der Waals surface area (Å²) >= 11 is 0. The first kappa shape index (κ1) is 13.0. The third-order valence-electron chi connectivity index (χ3n) is 2.82. The van der Waals surface area contributed by atoms with Crippen LogP contribution >= 0.6 is 0 Å². The van der Waals surface area contributed by atoms with E-state index >= 15 is 0 Å². The molecule has 0 amide bonds. The molecule has 0 spiro atoms. The molecule has 5 nitrogen and oxygen atoms in total. The van der Waals surface area contributed by atoms with Crippen LogP contribution in [0.3, 0.4) is 0 Å². The Morgan fingerprint density at radius 1 is 1.00 bits per heavy atom. The fourth-order valence-corrected chi connectivity index (χ4v) is 1.83. The van der Waals surface area contributed by atoms with Gasteiger partial charge >= 0.3 is 0 Å². The molecule has 1 heterocycles. The van der Waals surface area contributed by atoms with Crippen LogP contribution in [0, 0.1) is 11.6 Å². The molecule has 3 aromatic rings. The summed E-state index contributed by atoms with van der Waals surface area (Å²) in [5.41, 5.74) is 6.38. The second-order valence-corrected chi connectivity index (χ2v) is 4.35. The lowest BCUT2D eigenvalue weighted by atomic mass is 10.2. The van der Waals surface area contributed by atoms with Gasteiger partial charge in [0.1, 0.15) is 17.4 Å². The Labute approximate surface area is 117 Å². The van der Waals surface area contributed by atoms with Crippen molar-refractivity contribution in [3.05, 3.63) is 48.0 Å². The zero-order valence-electron chi connectivity index (χ0n) is 10.5. The Bertz CT molecular complexity index is 797. The van der Waals surface area contributed by atoms with E-state index in [1.165, 1.54) is 18.2 Å². The highest BCUT2D eigenvalue weighted by molar-refractivity contribution is 5.66. The van der Waals surface area contributed by atoms with Gasteiger partial charge in [0.25, 0.3) is 5.89 Å². The summed E-state index contributed by atoms with van der Waals surface area (Å²) in [4.78, 5) is 4.06. The van der Waals surface area contributed by atoms with Gasteiger partial charge in [-0.25, -0.2) is 8.78 Å². The first-order valence-electron chi connectivity index (χ1n) is 5.92. The highest BCUT2D eigenvalue weighted by atomic mass is 19.1. The third kappa shape index (κ3) is 2.53. The lowest BCUT2D eigenvalue weighted by Gasteiger charge is -1.99. The summed E-state index contributed by atoms with van der Waals surface area (Å²) in [6, 6.07) is 7.33. The molecule has 21 heavy (non-hydrogen) atoms. The Kier molecular flexibility index (Phi) is 3.02. The van der Waals surface area contributed by atoms with E-state index in [0.717, 1.165) is 18.2 Å². The number of rotatable bonds is 2. The molecule has 3 rings (SSSR count). The van der Waals surface area contributed by atoms with Gasteiger partial charge in [-0.3, -0.25) is 0 Å². The molecule has 0 saturated heterocycles. The molecule has 0 fully saturated rings. The van der Waals surface area contributed by atoms with Crippen molar-refractivity contribution < 1.29 is 18.4 Å². The highest BCUT2D eigenvalue weighted by Gasteiger charge is 2.13. The molecule has 2 aromatic carbocycles. The minimum absolute atomic E-state index is 0.0510. The third-order valence-corrected chi connectivity index (χ3v) is 2.82. The summed E-state index contributed by atoms with van der Waals surface area (Å²) in [7, 11) is 0. The zero-order valence-corrected chi connectivity index (χ0v) is 10.5. The Morgan fingerprint density at radius 2 is 1.71 bits per heavy atom. The first-order valence-corrected chi connectivity index (χ1v) is 5.92. The number of anilines is 1. The van der Waals surface area contributed by atoms with Crippen LogP contribution < -0.4 is 5.73 Å². The Hall–Kier alpha value is -2.96. The number of aromatic nitrogens is 2. The molecule has 0 aliphatic carbocycles. The first-order chi connectivity index (χ1) is 10.0. The maximum Gasteiger partial charge on any atom is 0.258 e. The number of hydrogen-bond acceptors (Lipinski definition) is 5. The standard InChI is InChI=1S/C14H9F2N3O2/c15-9-3-8(4-10(16)6-9)13-18-14(21-19-13)7-1-2-12(20)11(17)5-7/h1-6,20H,17H2. The zero-order chi connectivity index (χ0) is 15.0. The second-order valence-electron chi connectivity index (χ2n) is 4.35. The molecule has 7 heteroatoms. The van der Waals surface area contributed by atoms with Crippen LogP contribution in [0.4, 0.5) is 14.5 Å². The SMILES string of the molecule is Nc1cc(-c2nc(-c3cc(F)cc(F)c3)no2)ccc1O. The maximum absolute atomic E-state index is 13.2. The Morgan fingerprint density at radius 3 is 2.38 bits per heavy atom.